The van der Waals surface area contributed by atoms with Crippen LogP contribution in [0.5, 0.6) is 5.75 Å². The first-order chi connectivity index (χ1) is 9.60. The van der Waals surface area contributed by atoms with E-state index in [1.165, 1.54) is 6.07 Å². The molecule has 0 saturated heterocycles. The Labute approximate surface area is 134 Å². The molecule has 2 aromatic carbocycles. The first-order valence-electron chi connectivity index (χ1n) is 6.10. The van der Waals surface area contributed by atoms with Gasteiger partial charge < -0.3 is 10.1 Å². The minimum atomic E-state index is -0.271. The van der Waals surface area contributed by atoms with E-state index in [4.69, 9.17) is 4.74 Å². The second-order valence-electron chi connectivity index (χ2n) is 4.31. The van der Waals surface area contributed by atoms with E-state index in [2.05, 4.69) is 37.2 Å². The van der Waals surface area contributed by atoms with Crippen molar-refractivity contribution in [2.45, 2.75) is 13.2 Å². The molecule has 0 unspecified atom stereocenters. The second kappa shape index (κ2) is 7.20. The zero-order chi connectivity index (χ0) is 14.5. The fourth-order valence-corrected chi connectivity index (χ4v) is 2.49. The van der Waals surface area contributed by atoms with E-state index in [-0.39, 0.29) is 12.4 Å². The number of nitrogens with one attached hydrogen (secondary N) is 1. The van der Waals surface area contributed by atoms with E-state index in [0.717, 1.165) is 26.8 Å². The Hall–Kier alpha value is -0.910. The third kappa shape index (κ3) is 4.04. The first-order valence-corrected chi connectivity index (χ1v) is 7.68. The summed E-state index contributed by atoms with van der Waals surface area (Å²) >= 11 is 6.72. The summed E-state index contributed by atoms with van der Waals surface area (Å²) in [7, 11) is 1.89. The Morgan fingerprint density at radius 1 is 1.10 bits per heavy atom. The molecule has 0 fully saturated rings. The lowest BCUT2D eigenvalue weighted by molar-refractivity contribution is 0.299. The summed E-state index contributed by atoms with van der Waals surface area (Å²) < 4.78 is 21.1. The van der Waals surface area contributed by atoms with Crippen LogP contribution >= 0.6 is 31.9 Å². The number of rotatable bonds is 5. The summed E-state index contributed by atoms with van der Waals surface area (Å²) in [6.45, 7) is 0.949. The van der Waals surface area contributed by atoms with E-state index >= 15 is 0 Å². The van der Waals surface area contributed by atoms with Crippen LogP contribution < -0.4 is 10.1 Å². The van der Waals surface area contributed by atoms with Crippen LogP contribution in [0.4, 0.5) is 4.39 Å². The van der Waals surface area contributed by atoms with Gasteiger partial charge in [0.2, 0.25) is 0 Å². The van der Waals surface area contributed by atoms with Crippen LogP contribution in [-0.4, -0.2) is 7.05 Å². The Kier molecular flexibility index (Phi) is 5.57. The van der Waals surface area contributed by atoms with E-state index < -0.39 is 0 Å². The quantitative estimate of drug-likeness (QED) is 0.785. The number of halogens is 3. The lowest BCUT2D eigenvalue weighted by Gasteiger charge is -2.10. The molecule has 0 aliphatic rings. The lowest BCUT2D eigenvalue weighted by atomic mass is 10.2. The predicted octanol–water partition coefficient (Wildman–Crippen LogP) is 4.65. The van der Waals surface area contributed by atoms with Gasteiger partial charge in [-0.1, -0.05) is 37.9 Å². The minimum absolute atomic E-state index is 0.208. The smallest absolute Gasteiger partial charge is 0.130 e. The predicted molar refractivity (Wildman–Crippen MR) is 85.3 cm³/mol. The van der Waals surface area contributed by atoms with Crippen molar-refractivity contribution in [2.75, 3.05) is 7.05 Å². The Bertz CT molecular complexity index is 604. The molecule has 0 atom stereocenters. The van der Waals surface area contributed by atoms with E-state index in [1.807, 2.05) is 25.2 Å². The highest BCUT2D eigenvalue weighted by atomic mass is 79.9. The summed E-state index contributed by atoms with van der Waals surface area (Å²) in [5.41, 5.74) is 1.63. The molecule has 0 heterocycles. The fraction of sp³-hybridized carbons (Fsp3) is 0.200. The highest BCUT2D eigenvalue weighted by molar-refractivity contribution is 9.10. The monoisotopic (exact) mass is 401 g/mol. The molecule has 20 heavy (non-hydrogen) atoms. The number of benzene rings is 2. The fourth-order valence-electron chi connectivity index (χ4n) is 1.77. The normalized spacial score (nSPS) is 10.6. The van der Waals surface area contributed by atoms with Crippen LogP contribution in [0.2, 0.25) is 0 Å². The highest BCUT2D eigenvalue weighted by Crippen LogP contribution is 2.24. The molecule has 2 rings (SSSR count). The van der Waals surface area contributed by atoms with Crippen molar-refractivity contribution in [1.29, 1.82) is 0 Å². The minimum Gasteiger partial charge on any atom is -0.489 e. The highest BCUT2D eigenvalue weighted by Gasteiger charge is 2.06. The van der Waals surface area contributed by atoms with Gasteiger partial charge in [0.25, 0.3) is 0 Å². The third-order valence-electron chi connectivity index (χ3n) is 2.79. The van der Waals surface area contributed by atoms with Gasteiger partial charge in [-0.25, -0.2) is 4.39 Å². The van der Waals surface area contributed by atoms with Gasteiger partial charge in [-0.15, -0.1) is 0 Å². The second-order valence-corrected chi connectivity index (χ2v) is 6.08. The van der Waals surface area contributed by atoms with Crippen LogP contribution in [0.25, 0.3) is 0 Å². The summed E-state index contributed by atoms with van der Waals surface area (Å²) in [4.78, 5) is 0. The van der Waals surface area contributed by atoms with Gasteiger partial charge >= 0.3 is 0 Å². The van der Waals surface area contributed by atoms with E-state index in [1.54, 1.807) is 12.1 Å². The number of ether oxygens (including phenoxy) is 1. The van der Waals surface area contributed by atoms with Crippen molar-refractivity contribution < 1.29 is 9.13 Å². The molecule has 0 amide bonds. The Morgan fingerprint density at radius 2 is 1.90 bits per heavy atom. The summed E-state index contributed by atoms with van der Waals surface area (Å²) in [6, 6.07) is 10.7. The molecule has 2 aromatic rings. The van der Waals surface area contributed by atoms with Gasteiger partial charge in [0.15, 0.2) is 0 Å². The molecule has 0 aliphatic carbocycles. The SMILES string of the molecule is CNCc1cc(OCc2ccc(Br)cc2F)ccc1Br. The van der Waals surface area contributed by atoms with Gasteiger partial charge in [0, 0.05) is 21.1 Å². The standard InChI is InChI=1S/C15H14Br2FNO/c1-19-8-11-6-13(4-5-14(11)17)20-9-10-2-3-12(16)7-15(10)18/h2-7,19H,8-9H2,1H3. The van der Waals surface area contributed by atoms with Crippen LogP contribution in [-0.2, 0) is 13.2 Å². The van der Waals surface area contributed by atoms with Crippen molar-refractivity contribution in [3.63, 3.8) is 0 Å². The molecule has 0 aromatic heterocycles. The maximum atomic E-state index is 13.7. The van der Waals surface area contributed by atoms with Gasteiger partial charge in [-0.05, 0) is 42.9 Å². The zero-order valence-corrected chi connectivity index (χ0v) is 14.1. The molecule has 0 radical (unpaired) electrons. The van der Waals surface area contributed by atoms with E-state index in [0.29, 0.717) is 5.56 Å². The molecule has 0 saturated carbocycles. The van der Waals surface area contributed by atoms with Crippen molar-refractivity contribution in [2.24, 2.45) is 0 Å². The topological polar surface area (TPSA) is 21.3 Å². The largest absolute Gasteiger partial charge is 0.489 e. The average molecular weight is 403 g/mol. The maximum Gasteiger partial charge on any atom is 0.130 e. The first kappa shape index (κ1) is 15.5. The zero-order valence-electron chi connectivity index (χ0n) is 10.9. The lowest BCUT2D eigenvalue weighted by Crippen LogP contribution is -2.06. The number of hydrogen-bond acceptors (Lipinski definition) is 2. The summed E-state index contributed by atoms with van der Waals surface area (Å²) in [5, 5.41) is 3.09. The molecule has 1 N–H and O–H groups in total. The molecule has 0 aliphatic heterocycles. The molecular weight excluding hydrogens is 389 g/mol. The molecular formula is C15H14Br2FNO. The van der Waals surface area contributed by atoms with E-state index in [9.17, 15) is 4.39 Å². The molecule has 2 nitrogen and oxygen atoms in total. The van der Waals surface area contributed by atoms with Gasteiger partial charge in [0.05, 0.1) is 0 Å². The van der Waals surface area contributed by atoms with Crippen LogP contribution in [0, 0.1) is 5.82 Å². The molecule has 106 valence electrons. The Balaban J connectivity index is 2.08. The summed E-state index contributed by atoms with van der Waals surface area (Å²) in [6.07, 6.45) is 0. The van der Waals surface area contributed by atoms with Crippen LogP contribution in [0.1, 0.15) is 11.1 Å². The van der Waals surface area contributed by atoms with Crippen molar-refractivity contribution in [1.82, 2.24) is 5.32 Å². The van der Waals surface area contributed by atoms with Crippen LogP contribution in [0.15, 0.2) is 45.3 Å². The van der Waals surface area contributed by atoms with Crippen molar-refractivity contribution >= 4 is 31.9 Å². The Morgan fingerprint density at radius 3 is 2.60 bits per heavy atom. The average Bonchev–Trinajstić information content (AvgIpc) is 2.41. The number of hydrogen-bond donors (Lipinski definition) is 1. The van der Waals surface area contributed by atoms with Gasteiger partial charge in [-0.3, -0.25) is 0 Å². The van der Waals surface area contributed by atoms with Crippen molar-refractivity contribution in [3.05, 3.63) is 62.3 Å². The van der Waals surface area contributed by atoms with Gasteiger partial charge in [-0.2, -0.15) is 0 Å². The molecule has 0 bridgehead atoms. The summed E-state index contributed by atoms with van der Waals surface area (Å²) in [5.74, 6) is 0.452. The third-order valence-corrected chi connectivity index (χ3v) is 4.06. The molecule has 0 spiro atoms. The molecule has 5 heteroatoms. The van der Waals surface area contributed by atoms with Gasteiger partial charge in [0.1, 0.15) is 18.2 Å². The van der Waals surface area contributed by atoms with Crippen molar-refractivity contribution in [3.8, 4) is 5.75 Å². The maximum absolute atomic E-state index is 13.7. The van der Waals surface area contributed by atoms with Crippen LogP contribution in [0.3, 0.4) is 0 Å².